The molecule has 0 bridgehead atoms. The minimum atomic E-state index is -0.616. The van der Waals surface area contributed by atoms with Crippen LogP contribution in [-0.4, -0.2) is 38.3 Å². The van der Waals surface area contributed by atoms with Gasteiger partial charge in [0.15, 0.2) is 23.5 Å². The number of rotatable bonds is 6. The van der Waals surface area contributed by atoms with Crippen LogP contribution in [0.4, 0.5) is 4.39 Å². The van der Waals surface area contributed by atoms with Crippen LogP contribution in [0.2, 0.25) is 0 Å². The standard InChI is InChI=1S/C14H17FO4/c1-9-4-3-5-11(13(9)15)19-12-8-10(16)14(12)18-7-6-17-2/h3-5,12,14H,6-8H2,1-2H3. The van der Waals surface area contributed by atoms with Crippen molar-refractivity contribution in [3.8, 4) is 5.75 Å². The number of carbonyl (C=O) groups is 1. The van der Waals surface area contributed by atoms with Crippen LogP contribution in [0, 0.1) is 12.7 Å². The Labute approximate surface area is 111 Å². The van der Waals surface area contributed by atoms with Crippen LogP contribution in [-0.2, 0) is 14.3 Å². The third-order valence-corrected chi connectivity index (χ3v) is 3.08. The predicted octanol–water partition coefficient (Wildman–Crippen LogP) is 1.89. The van der Waals surface area contributed by atoms with E-state index in [9.17, 15) is 9.18 Å². The molecule has 0 saturated heterocycles. The lowest BCUT2D eigenvalue weighted by Gasteiger charge is -2.34. The van der Waals surface area contributed by atoms with Gasteiger partial charge < -0.3 is 14.2 Å². The van der Waals surface area contributed by atoms with E-state index in [1.54, 1.807) is 32.2 Å². The van der Waals surface area contributed by atoms with Crippen LogP contribution < -0.4 is 4.74 Å². The number of hydrogen-bond acceptors (Lipinski definition) is 4. The number of methoxy groups -OCH3 is 1. The monoisotopic (exact) mass is 268 g/mol. The van der Waals surface area contributed by atoms with Gasteiger partial charge in [-0.05, 0) is 18.6 Å². The zero-order valence-electron chi connectivity index (χ0n) is 11.0. The van der Waals surface area contributed by atoms with Crippen LogP contribution in [0.25, 0.3) is 0 Å². The van der Waals surface area contributed by atoms with Crippen LogP contribution in [0.5, 0.6) is 5.75 Å². The van der Waals surface area contributed by atoms with Gasteiger partial charge in [-0.2, -0.15) is 0 Å². The van der Waals surface area contributed by atoms with Gasteiger partial charge in [0, 0.05) is 13.5 Å². The molecule has 1 aliphatic rings. The first-order chi connectivity index (χ1) is 9.13. The topological polar surface area (TPSA) is 44.8 Å². The van der Waals surface area contributed by atoms with Crippen molar-refractivity contribution >= 4 is 5.78 Å². The van der Waals surface area contributed by atoms with E-state index in [-0.39, 0.29) is 18.0 Å². The van der Waals surface area contributed by atoms with Gasteiger partial charge in [-0.3, -0.25) is 4.79 Å². The second kappa shape index (κ2) is 6.12. The quantitative estimate of drug-likeness (QED) is 0.739. The molecule has 19 heavy (non-hydrogen) atoms. The van der Waals surface area contributed by atoms with E-state index in [1.807, 2.05) is 0 Å². The van der Waals surface area contributed by atoms with Crippen molar-refractivity contribution in [3.63, 3.8) is 0 Å². The lowest BCUT2D eigenvalue weighted by molar-refractivity contribution is -0.156. The molecule has 0 radical (unpaired) electrons. The highest BCUT2D eigenvalue weighted by Gasteiger charge is 2.43. The van der Waals surface area contributed by atoms with E-state index in [4.69, 9.17) is 14.2 Å². The SMILES string of the molecule is COCCOC1C(=O)CC1Oc1cccc(C)c1F. The van der Waals surface area contributed by atoms with Gasteiger partial charge in [0.05, 0.1) is 13.2 Å². The first-order valence-electron chi connectivity index (χ1n) is 6.18. The zero-order chi connectivity index (χ0) is 13.8. The molecule has 4 nitrogen and oxygen atoms in total. The summed E-state index contributed by atoms with van der Waals surface area (Å²) >= 11 is 0. The van der Waals surface area contributed by atoms with Crippen molar-refractivity contribution in [1.29, 1.82) is 0 Å². The molecule has 1 aromatic rings. The first-order valence-corrected chi connectivity index (χ1v) is 6.18. The van der Waals surface area contributed by atoms with E-state index in [0.717, 1.165) is 0 Å². The summed E-state index contributed by atoms with van der Waals surface area (Å²) in [6.07, 6.45) is -0.777. The normalized spacial score (nSPS) is 22.2. The lowest BCUT2D eigenvalue weighted by atomic mass is 9.90. The highest BCUT2D eigenvalue weighted by Crippen LogP contribution is 2.28. The number of ketones is 1. The number of hydrogen-bond donors (Lipinski definition) is 0. The number of aryl methyl sites for hydroxylation is 1. The van der Waals surface area contributed by atoms with Crippen molar-refractivity contribution in [3.05, 3.63) is 29.6 Å². The smallest absolute Gasteiger partial charge is 0.169 e. The highest BCUT2D eigenvalue weighted by atomic mass is 19.1. The van der Waals surface area contributed by atoms with Gasteiger partial charge in [-0.25, -0.2) is 4.39 Å². The molecule has 1 fully saturated rings. The van der Waals surface area contributed by atoms with E-state index in [1.165, 1.54) is 0 Å². The molecule has 0 heterocycles. The van der Waals surface area contributed by atoms with Gasteiger partial charge >= 0.3 is 0 Å². The van der Waals surface area contributed by atoms with E-state index < -0.39 is 18.0 Å². The molecular weight excluding hydrogens is 251 g/mol. The number of benzene rings is 1. The Morgan fingerprint density at radius 2 is 2.16 bits per heavy atom. The zero-order valence-corrected chi connectivity index (χ0v) is 11.0. The summed E-state index contributed by atoms with van der Waals surface area (Å²) in [4.78, 5) is 11.4. The number of halogens is 1. The van der Waals surface area contributed by atoms with Crippen LogP contribution in [0.3, 0.4) is 0 Å². The van der Waals surface area contributed by atoms with E-state index in [0.29, 0.717) is 18.8 Å². The molecule has 1 saturated carbocycles. The fraction of sp³-hybridized carbons (Fsp3) is 0.500. The maximum Gasteiger partial charge on any atom is 0.169 e. The second-order valence-corrected chi connectivity index (χ2v) is 4.50. The van der Waals surface area contributed by atoms with Gasteiger partial charge in [-0.15, -0.1) is 0 Å². The maximum atomic E-state index is 13.8. The van der Waals surface area contributed by atoms with Crippen molar-refractivity contribution in [1.82, 2.24) is 0 Å². The van der Waals surface area contributed by atoms with Gasteiger partial charge in [0.25, 0.3) is 0 Å². The second-order valence-electron chi connectivity index (χ2n) is 4.50. The molecule has 0 aliphatic heterocycles. The summed E-state index contributed by atoms with van der Waals surface area (Å²) < 4.78 is 29.5. The average molecular weight is 268 g/mol. The first kappa shape index (κ1) is 14.0. The fourth-order valence-corrected chi connectivity index (χ4v) is 1.91. The van der Waals surface area contributed by atoms with Gasteiger partial charge in [0.2, 0.25) is 0 Å². The Kier molecular flexibility index (Phi) is 4.50. The molecule has 5 heteroatoms. The molecule has 0 N–H and O–H groups in total. The highest BCUT2D eigenvalue weighted by molar-refractivity contribution is 5.90. The largest absolute Gasteiger partial charge is 0.484 e. The molecule has 2 unspecified atom stereocenters. The van der Waals surface area contributed by atoms with Crippen molar-refractivity contribution in [2.24, 2.45) is 0 Å². The van der Waals surface area contributed by atoms with Crippen molar-refractivity contribution < 1.29 is 23.4 Å². The summed E-state index contributed by atoms with van der Waals surface area (Å²) in [6, 6.07) is 4.94. The molecular formula is C14H17FO4. The number of carbonyl (C=O) groups excluding carboxylic acids is 1. The van der Waals surface area contributed by atoms with Crippen molar-refractivity contribution in [2.75, 3.05) is 20.3 Å². The maximum absolute atomic E-state index is 13.8. The van der Waals surface area contributed by atoms with Gasteiger partial charge in [-0.1, -0.05) is 12.1 Å². The Morgan fingerprint density at radius 3 is 2.84 bits per heavy atom. The van der Waals surface area contributed by atoms with Gasteiger partial charge in [0.1, 0.15) is 6.10 Å². The molecule has 1 aromatic carbocycles. The summed E-state index contributed by atoms with van der Waals surface area (Å²) in [5.74, 6) is -0.246. The summed E-state index contributed by atoms with van der Waals surface area (Å²) in [7, 11) is 1.56. The molecule has 104 valence electrons. The lowest BCUT2D eigenvalue weighted by Crippen LogP contribution is -2.52. The summed E-state index contributed by atoms with van der Waals surface area (Å²) in [5, 5.41) is 0. The molecule has 2 rings (SSSR count). The van der Waals surface area contributed by atoms with Crippen molar-refractivity contribution in [2.45, 2.75) is 25.6 Å². The molecule has 1 aliphatic carbocycles. The fourth-order valence-electron chi connectivity index (χ4n) is 1.91. The third kappa shape index (κ3) is 3.11. The summed E-state index contributed by atoms with van der Waals surface area (Å²) in [6.45, 7) is 2.40. The Morgan fingerprint density at radius 1 is 1.37 bits per heavy atom. The van der Waals surface area contributed by atoms with E-state index >= 15 is 0 Å². The minimum Gasteiger partial charge on any atom is -0.484 e. The third-order valence-electron chi connectivity index (χ3n) is 3.08. The van der Waals surface area contributed by atoms with Crippen LogP contribution in [0.1, 0.15) is 12.0 Å². The Balaban J connectivity index is 1.95. The Hall–Kier alpha value is -1.46. The van der Waals surface area contributed by atoms with Crippen LogP contribution >= 0.6 is 0 Å². The minimum absolute atomic E-state index is 0.0193. The predicted molar refractivity (Wildman–Crippen MR) is 66.8 cm³/mol. The molecule has 0 amide bonds. The number of Topliss-reactive ketones (excluding diaryl/α,β-unsaturated/α-hetero) is 1. The molecule has 2 atom stereocenters. The Bertz CT molecular complexity index is 461. The molecule has 0 aromatic heterocycles. The number of ether oxygens (including phenoxy) is 3. The van der Waals surface area contributed by atoms with Crippen LogP contribution in [0.15, 0.2) is 18.2 Å². The summed E-state index contributed by atoms with van der Waals surface area (Å²) in [5.41, 5.74) is 0.514. The molecule has 0 spiro atoms. The average Bonchev–Trinajstić information content (AvgIpc) is 2.39. The van der Waals surface area contributed by atoms with E-state index in [2.05, 4.69) is 0 Å².